The Labute approximate surface area is 344 Å². The average Bonchev–Trinajstić information content (AvgIpc) is 3.13. The van der Waals surface area contributed by atoms with Gasteiger partial charge in [0.15, 0.2) is 30.6 Å². The first kappa shape index (κ1) is 45.9. The first-order chi connectivity index (χ1) is 26.8. The molecule has 0 radical (unpaired) electrons. The Morgan fingerprint density at radius 3 is 1.86 bits per heavy atom. The summed E-state index contributed by atoms with van der Waals surface area (Å²) >= 11 is 0. The lowest BCUT2D eigenvalue weighted by Crippen LogP contribution is -2.68. The lowest BCUT2D eigenvalue weighted by Gasteiger charge is -2.70. The fourth-order valence-corrected chi connectivity index (χ4v) is 13.4. The maximum absolute atomic E-state index is 14.8. The Morgan fingerprint density at radius 1 is 0.695 bits per heavy atom. The van der Waals surface area contributed by atoms with Gasteiger partial charge in [-0.05, 0) is 110 Å². The number of aliphatic hydroxyl groups excluding tert-OH is 5. The van der Waals surface area contributed by atoms with E-state index in [1.54, 1.807) is 0 Å². The fraction of sp³-hybridized carbons (Fsp3) is 0.857. The molecule has 0 amide bonds. The summed E-state index contributed by atoms with van der Waals surface area (Å²) in [5.41, 5.74) is -1.81. The molecule has 4 saturated carbocycles. The van der Waals surface area contributed by atoms with Gasteiger partial charge in [0.05, 0.1) is 11.5 Å². The summed E-state index contributed by atoms with van der Waals surface area (Å²) in [6.45, 7) is 14.8. The van der Waals surface area contributed by atoms with Crippen molar-refractivity contribution in [2.24, 2.45) is 50.2 Å². The first-order valence-electron chi connectivity index (χ1n) is 20.7. The van der Waals surface area contributed by atoms with Crippen molar-refractivity contribution < 1.29 is 79.0 Å². The van der Waals surface area contributed by atoms with Crippen molar-refractivity contribution in [3.05, 3.63) is 11.6 Å². The van der Waals surface area contributed by atoms with Gasteiger partial charge in [-0.1, -0.05) is 47.1 Å². The number of carbonyl (C=O) groups is 4. The predicted molar refractivity (Wildman–Crippen MR) is 205 cm³/mol. The summed E-state index contributed by atoms with van der Waals surface area (Å²) in [7, 11) is 0. The molecule has 19 atom stereocenters. The van der Waals surface area contributed by atoms with E-state index in [9.17, 15) is 60.0 Å². The van der Waals surface area contributed by atoms with Gasteiger partial charge in [-0.3, -0.25) is 9.59 Å². The van der Waals surface area contributed by atoms with Crippen LogP contribution in [0.5, 0.6) is 0 Å². The second-order valence-electron chi connectivity index (χ2n) is 20.6. The van der Waals surface area contributed by atoms with Gasteiger partial charge in [0.25, 0.3) is 0 Å². The van der Waals surface area contributed by atoms with E-state index < -0.39 is 107 Å². The number of ether oxygens (including phenoxy) is 4. The summed E-state index contributed by atoms with van der Waals surface area (Å²) in [6, 6.07) is 0. The zero-order chi connectivity index (χ0) is 42.9. The van der Waals surface area contributed by atoms with Crippen molar-refractivity contribution in [1.29, 1.82) is 0 Å². The number of ketones is 1. The number of hydrogen-bond donors (Lipinski definition) is 9. The molecule has 7 aliphatic rings. The Morgan fingerprint density at radius 2 is 1.27 bits per heavy atom. The van der Waals surface area contributed by atoms with Crippen LogP contribution in [0.3, 0.4) is 0 Å². The van der Waals surface area contributed by atoms with Gasteiger partial charge in [-0.2, -0.15) is 0 Å². The third-order valence-electron chi connectivity index (χ3n) is 17.2. The predicted octanol–water partition coefficient (Wildman–Crippen LogP) is 2.62. The summed E-state index contributed by atoms with van der Waals surface area (Å²) in [4.78, 5) is 51.3. The van der Waals surface area contributed by atoms with Crippen LogP contribution in [-0.2, 0) is 38.1 Å². The first-order valence-corrected chi connectivity index (χ1v) is 20.7. The number of carboxylic acids is 3. The lowest BCUT2D eigenvalue weighted by molar-refractivity contribution is -0.371. The van der Waals surface area contributed by atoms with Crippen LogP contribution in [0.2, 0.25) is 0 Å². The third kappa shape index (κ3) is 6.72. The highest BCUT2D eigenvalue weighted by Gasteiger charge is 2.71. The monoisotopic (exact) mass is 840 g/mol. The Bertz CT molecular complexity index is 1740. The highest BCUT2D eigenvalue weighted by atomic mass is 16.8. The maximum Gasteiger partial charge on any atom is 0.335 e. The normalized spacial score (nSPS) is 51.7. The van der Waals surface area contributed by atoms with Crippen molar-refractivity contribution in [2.45, 2.75) is 174 Å². The largest absolute Gasteiger partial charge is 0.481 e. The number of allylic oxidation sites excluding steroid dienone is 2. The minimum absolute atomic E-state index is 0. The van der Waals surface area contributed by atoms with Crippen LogP contribution < -0.4 is 6.15 Å². The van der Waals surface area contributed by atoms with Gasteiger partial charge in [0.1, 0.15) is 36.6 Å². The second kappa shape index (κ2) is 15.1. The molecular weight excluding hydrogens is 774 g/mol. The van der Waals surface area contributed by atoms with E-state index >= 15 is 0 Å². The van der Waals surface area contributed by atoms with Crippen LogP contribution in [0.25, 0.3) is 0 Å². The van der Waals surface area contributed by atoms with Crippen molar-refractivity contribution in [3.8, 4) is 0 Å². The van der Waals surface area contributed by atoms with Crippen LogP contribution in [0.1, 0.15) is 106 Å². The SMILES string of the molecule is CC1(C)C2CC[C@]3(C)[C@H](C(=O)C=C4[C@@H]5C[C@@](C)(C(=O)O)CC[C@]5(C)CC[C@]43C)[C@@]2(C)CC[C@@H]1O[C@H]1O[C@H](C(=O)O)[C@@H](O)[C@H](O)[C@H]1O[C@@H]1O[C@H](C(=O)O)[C@@H](O)[C@H](O)[C@H]1O.[NH4+]. The number of carboxylic acid groups (broad SMARTS) is 3. The Hall–Kier alpha value is -2.58. The minimum Gasteiger partial charge on any atom is -0.481 e. The van der Waals surface area contributed by atoms with E-state index in [4.69, 9.17) is 18.9 Å². The molecule has 0 spiro atoms. The van der Waals surface area contributed by atoms with Crippen LogP contribution in [0, 0.1) is 50.2 Å². The van der Waals surface area contributed by atoms with Gasteiger partial charge >= 0.3 is 17.9 Å². The van der Waals surface area contributed by atoms with Crippen LogP contribution in [-0.4, -0.2) is 132 Å². The average molecular weight is 841 g/mol. The van der Waals surface area contributed by atoms with Crippen LogP contribution in [0.15, 0.2) is 11.6 Å². The fourth-order valence-electron chi connectivity index (χ4n) is 13.4. The number of quaternary nitrogens is 1. The molecule has 7 rings (SSSR count). The number of hydrogen-bond acceptors (Lipinski definition) is 13. The molecule has 0 aromatic rings. The standard InChI is InChI=1S/C42H62O16.H3N/c1-37(2)21-8-11-42(7)31(20(43)16-18-19-17-39(4,36(53)54)13-12-38(19,3)14-15-41(18,42)6)40(21,5)10-9-22(37)55-35-30(26(47)25(46)29(57-35)33(51)52)58-34-27(48)23(44)24(45)28(56-34)32(49)50;/h16,19,21-31,34-35,44-48H,8-15,17H2,1-7H3,(H,49,50)(H,51,52)(H,53,54);1H3/p+1/t19-,21?,22-,23-,24-,25-,26-,27+,28-,29-,30+,31+,34-,35-,38+,39-,40-,41+,42+;/m0./s1. The number of rotatable bonds is 7. The Balaban J connectivity index is 0.00000585. The smallest absolute Gasteiger partial charge is 0.335 e. The lowest BCUT2D eigenvalue weighted by atomic mass is 9.33. The van der Waals surface area contributed by atoms with Crippen LogP contribution in [0.4, 0.5) is 0 Å². The third-order valence-corrected chi connectivity index (χ3v) is 17.2. The van der Waals surface area contributed by atoms with Crippen molar-refractivity contribution in [2.75, 3.05) is 0 Å². The highest BCUT2D eigenvalue weighted by Crippen LogP contribution is 2.75. The topological polar surface area (TPSA) is 304 Å². The van der Waals surface area contributed by atoms with E-state index in [0.717, 1.165) is 37.7 Å². The van der Waals surface area contributed by atoms with E-state index in [-0.39, 0.29) is 40.5 Å². The molecule has 1 unspecified atom stereocenters. The van der Waals surface area contributed by atoms with E-state index in [1.165, 1.54) is 0 Å². The molecule has 0 aromatic heterocycles. The molecule has 334 valence electrons. The molecule has 59 heavy (non-hydrogen) atoms. The van der Waals surface area contributed by atoms with Crippen molar-refractivity contribution >= 4 is 23.7 Å². The maximum atomic E-state index is 14.8. The van der Waals surface area contributed by atoms with Gasteiger partial charge in [-0.25, -0.2) is 9.59 Å². The van der Waals surface area contributed by atoms with Crippen molar-refractivity contribution in [1.82, 2.24) is 6.15 Å². The molecular formula is C42H66NO16+. The second-order valence-corrected chi connectivity index (χ2v) is 20.6. The summed E-state index contributed by atoms with van der Waals surface area (Å²) in [6.07, 6.45) is -12.2. The van der Waals surface area contributed by atoms with E-state index in [1.807, 2.05) is 26.8 Å². The molecule has 6 fully saturated rings. The summed E-state index contributed by atoms with van der Waals surface area (Å²) in [5.74, 6) is -4.47. The van der Waals surface area contributed by atoms with E-state index in [2.05, 4.69) is 27.7 Å². The molecule has 2 saturated heterocycles. The molecule has 0 bridgehead atoms. The molecule has 12 N–H and O–H groups in total. The number of aliphatic carboxylic acids is 3. The molecule has 17 nitrogen and oxygen atoms in total. The summed E-state index contributed by atoms with van der Waals surface area (Å²) < 4.78 is 23.4. The quantitative estimate of drug-likeness (QED) is 0.166. The minimum atomic E-state index is -2.05. The van der Waals surface area contributed by atoms with Crippen molar-refractivity contribution in [3.63, 3.8) is 0 Å². The van der Waals surface area contributed by atoms with Gasteiger partial charge < -0.3 is 66.0 Å². The van der Waals surface area contributed by atoms with Crippen LogP contribution >= 0.6 is 0 Å². The number of fused-ring (bicyclic) bond motifs is 7. The number of carbonyl (C=O) groups excluding carboxylic acids is 1. The molecule has 0 aromatic carbocycles. The number of aliphatic hydroxyl groups is 5. The molecule has 2 heterocycles. The highest BCUT2D eigenvalue weighted by molar-refractivity contribution is 5.95. The summed E-state index contributed by atoms with van der Waals surface area (Å²) in [5, 5.41) is 83.0. The van der Waals surface area contributed by atoms with E-state index in [0.29, 0.717) is 25.7 Å². The molecule has 5 aliphatic carbocycles. The Kier molecular flexibility index (Phi) is 11.7. The zero-order valence-corrected chi connectivity index (χ0v) is 35.4. The van der Waals surface area contributed by atoms with Gasteiger partial charge in [0, 0.05) is 5.92 Å². The van der Waals surface area contributed by atoms with Gasteiger partial charge in [-0.15, -0.1) is 0 Å². The molecule has 17 heteroatoms. The molecule has 2 aliphatic heterocycles. The zero-order valence-electron chi connectivity index (χ0n) is 35.4. The van der Waals surface area contributed by atoms with Gasteiger partial charge in [0.2, 0.25) is 0 Å².